The van der Waals surface area contributed by atoms with Gasteiger partial charge >= 0.3 is 0 Å². The Morgan fingerprint density at radius 2 is 1.72 bits per heavy atom. The first-order valence-electron chi connectivity index (χ1n) is 9.89. The molecule has 1 saturated heterocycles. The summed E-state index contributed by atoms with van der Waals surface area (Å²) in [6, 6.07) is 23.7. The average molecular weight is 484 g/mol. The van der Waals surface area contributed by atoms with Crippen LogP contribution in [0.5, 0.6) is 0 Å². The third-order valence-corrected chi connectivity index (χ3v) is 6.40. The molecule has 0 radical (unpaired) electrons. The summed E-state index contributed by atoms with van der Waals surface area (Å²) in [4.78, 5) is 32.1. The van der Waals surface area contributed by atoms with Gasteiger partial charge in [-0.25, -0.2) is 4.99 Å². The third kappa shape index (κ3) is 5.71. The number of hydrogen-bond donors (Lipinski definition) is 1. The first kappa shape index (κ1) is 22.4. The molecule has 1 unspecified atom stereocenters. The summed E-state index contributed by atoms with van der Waals surface area (Å²) in [5, 5.41) is 3.96. The summed E-state index contributed by atoms with van der Waals surface area (Å²) >= 11 is 13.3. The highest BCUT2D eigenvalue weighted by Crippen LogP contribution is 2.33. The summed E-state index contributed by atoms with van der Waals surface area (Å²) in [5.74, 6) is -0.411. The van der Waals surface area contributed by atoms with Crippen LogP contribution in [-0.4, -0.2) is 27.1 Å². The van der Waals surface area contributed by atoms with Gasteiger partial charge in [-0.15, -0.1) is 0 Å². The second-order valence-corrected chi connectivity index (χ2v) is 9.19. The first-order valence-corrected chi connectivity index (χ1v) is 11.5. The fourth-order valence-electron chi connectivity index (χ4n) is 3.20. The van der Waals surface area contributed by atoms with E-state index in [0.717, 1.165) is 11.3 Å². The Labute approximate surface area is 200 Å². The number of para-hydroxylation sites is 1. The predicted molar refractivity (Wildman–Crippen MR) is 132 cm³/mol. The zero-order valence-corrected chi connectivity index (χ0v) is 19.2. The van der Waals surface area contributed by atoms with Crippen LogP contribution in [0.3, 0.4) is 0 Å². The van der Waals surface area contributed by atoms with E-state index in [1.54, 1.807) is 41.3 Å². The van der Waals surface area contributed by atoms with Crippen LogP contribution in [0.15, 0.2) is 83.9 Å². The summed E-state index contributed by atoms with van der Waals surface area (Å²) in [5.41, 5.74) is 2.26. The van der Waals surface area contributed by atoms with Gasteiger partial charge in [0.15, 0.2) is 5.17 Å². The molecule has 3 aromatic rings. The van der Waals surface area contributed by atoms with Gasteiger partial charge < -0.3 is 5.32 Å². The maximum atomic E-state index is 13.2. The number of thioether (sulfide) groups is 1. The molecule has 162 valence electrons. The molecule has 1 N–H and O–H groups in total. The molecule has 1 aliphatic heterocycles. The number of hydrogen-bond acceptors (Lipinski definition) is 4. The highest BCUT2D eigenvalue weighted by Gasteiger charge is 2.39. The quantitative estimate of drug-likeness (QED) is 0.456. The van der Waals surface area contributed by atoms with Crippen molar-refractivity contribution in [2.24, 2.45) is 4.99 Å². The van der Waals surface area contributed by atoms with E-state index >= 15 is 0 Å². The van der Waals surface area contributed by atoms with E-state index in [2.05, 4.69) is 10.3 Å². The molecule has 2 amide bonds. The van der Waals surface area contributed by atoms with E-state index in [-0.39, 0.29) is 18.2 Å². The molecule has 0 spiro atoms. The molecular formula is C24H19Cl2N3O2S. The number of halogens is 2. The zero-order valence-electron chi connectivity index (χ0n) is 16.9. The third-order valence-electron chi connectivity index (χ3n) is 4.73. The normalized spacial score (nSPS) is 17.1. The van der Waals surface area contributed by atoms with Crippen LogP contribution in [0.25, 0.3) is 0 Å². The van der Waals surface area contributed by atoms with E-state index in [1.807, 2.05) is 42.5 Å². The minimum Gasteiger partial charge on any atom is -0.326 e. The molecule has 1 atom stereocenters. The van der Waals surface area contributed by atoms with Crippen LogP contribution in [-0.2, 0) is 16.1 Å². The van der Waals surface area contributed by atoms with Gasteiger partial charge in [-0.3, -0.25) is 14.5 Å². The van der Waals surface area contributed by atoms with Crippen LogP contribution in [0, 0.1) is 0 Å². The van der Waals surface area contributed by atoms with Crippen molar-refractivity contribution in [2.45, 2.75) is 18.2 Å². The lowest BCUT2D eigenvalue weighted by molar-refractivity contribution is -0.128. The van der Waals surface area contributed by atoms with E-state index in [4.69, 9.17) is 23.2 Å². The molecule has 5 nitrogen and oxygen atoms in total. The highest BCUT2D eigenvalue weighted by molar-refractivity contribution is 8.15. The van der Waals surface area contributed by atoms with Crippen molar-refractivity contribution in [2.75, 3.05) is 5.32 Å². The maximum absolute atomic E-state index is 13.2. The van der Waals surface area contributed by atoms with Crippen molar-refractivity contribution in [3.05, 3.63) is 94.5 Å². The summed E-state index contributed by atoms with van der Waals surface area (Å²) < 4.78 is 0. The highest BCUT2D eigenvalue weighted by atomic mass is 35.5. The van der Waals surface area contributed by atoms with E-state index in [1.165, 1.54) is 11.8 Å². The second-order valence-electron chi connectivity index (χ2n) is 7.15. The van der Waals surface area contributed by atoms with Gasteiger partial charge in [0, 0.05) is 22.2 Å². The van der Waals surface area contributed by atoms with Gasteiger partial charge in [0.05, 0.1) is 12.2 Å². The molecule has 0 aliphatic carbocycles. The molecule has 0 bridgehead atoms. The Balaban J connectivity index is 1.53. The Morgan fingerprint density at radius 1 is 0.969 bits per heavy atom. The van der Waals surface area contributed by atoms with E-state index < -0.39 is 5.25 Å². The largest absolute Gasteiger partial charge is 0.326 e. The predicted octanol–water partition coefficient (Wildman–Crippen LogP) is 6.15. The molecule has 8 heteroatoms. The number of rotatable bonds is 6. The van der Waals surface area contributed by atoms with Gasteiger partial charge in [-0.2, -0.15) is 0 Å². The number of carbonyl (C=O) groups is 2. The molecule has 0 saturated carbocycles. The monoisotopic (exact) mass is 483 g/mol. The molecule has 32 heavy (non-hydrogen) atoms. The lowest BCUT2D eigenvalue weighted by Gasteiger charge is -2.16. The number of amidine groups is 1. The number of anilines is 1. The van der Waals surface area contributed by atoms with Crippen LogP contribution >= 0.6 is 35.0 Å². The molecule has 1 fully saturated rings. The van der Waals surface area contributed by atoms with Gasteiger partial charge in [0.2, 0.25) is 11.8 Å². The SMILES string of the molecule is O=C(CC1SC(=Nc2ccccc2)N(Cc2ccc(Cl)cc2)C1=O)Nc1cccc(Cl)c1. The lowest BCUT2D eigenvalue weighted by atomic mass is 10.2. The van der Waals surface area contributed by atoms with Crippen LogP contribution in [0.1, 0.15) is 12.0 Å². The van der Waals surface area contributed by atoms with Gasteiger partial charge in [-0.05, 0) is 48.0 Å². The average Bonchev–Trinajstić information content (AvgIpc) is 3.04. The number of benzene rings is 3. The Kier molecular flexibility index (Phi) is 7.15. The van der Waals surface area contributed by atoms with Gasteiger partial charge in [0.1, 0.15) is 5.25 Å². The molecule has 1 aliphatic rings. The van der Waals surface area contributed by atoms with Crippen molar-refractivity contribution in [3.63, 3.8) is 0 Å². The van der Waals surface area contributed by atoms with Crippen molar-refractivity contribution < 1.29 is 9.59 Å². The summed E-state index contributed by atoms with van der Waals surface area (Å²) in [6.07, 6.45) is 0.0287. The molecular weight excluding hydrogens is 465 g/mol. The Hall–Kier alpha value is -2.80. The van der Waals surface area contributed by atoms with Crippen LogP contribution in [0.2, 0.25) is 10.0 Å². The minimum absolute atomic E-state index is 0.0287. The standard InChI is InChI=1S/C24H19Cl2N3O2S/c25-17-11-9-16(10-12-17)15-29-23(31)21(32-24(29)28-19-6-2-1-3-7-19)14-22(30)27-20-8-4-5-18(26)13-20/h1-13,21H,14-15H2,(H,27,30). The number of carbonyl (C=O) groups excluding carboxylic acids is 2. The van der Waals surface area contributed by atoms with Crippen molar-refractivity contribution in [1.82, 2.24) is 4.90 Å². The lowest BCUT2D eigenvalue weighted by Crippen LogP contribution is -2.33. The van der Waals surface area contributed by atoms with Crippen LogP contribution < -0.4 is 5.32 Å². The van der Waals surface area contributed by atoms with Crippen LogP contribution in [0.4, 0.5) is 11.4 Å². The molecule has 1 heterocycles. The van der Waals surface area contributed by atoms with Crippen molar-refractivity contribution in [3.8, 4) is 0 Å². The summed E-state index contributed by atoms with van der Waals surface area (Å²) in [7, 11) is 0. The zero-order chi connectivity index (χ0) is 22.5. The smallest absolute Gasteiger partial charge is 0.242 e. The molecule has 0 aromatic heterocycles. The number of nitrogens with one attached hydrogen (secondary N) is 1. The fourth-order valence-corrected chi connectivity index (χ4v) is 4.68. The molecule has 4 rings (SSSR count). The van der Waals surface area contributed by atoms with Gasteiger partial charge in [0.25, 0.3) is 0 Å². The topological polar surface area (TPSA) is 61.8 Å². The van der Waals surface area contributed by atoms with Crippen molar-refractivity contribution in [1.29, 1.82) is 0 Å². The second kappa shape index (κ2) is 10.2. The van der Waals surface area contributed by atoms with E-state index in [0.29, 0.717) is 27.4 Å². The number of nitrogens with zero attached hydrogens (tertiary/aromatic N) is 2. The Morgan fingerprint density at radius 3 is 2.44 bits per heavy atom. The fraction of sp³-hybridized carbons (Fsp3) is 0.125. The Bertz CT molecular complexity index is 1150. The first-order chi connectivity index (χ1) is 15.5. The minimum atomic E-state index is -0.566. The van der Waals surface area contributed by atoms with Gasteiger partial charge in [-0.1, -0.05) is 71.4 Å². The molecule has 3 aromatic carbocycles. The number of aliphatic imine (C=N–C) groups is 1. The van der Waals surface area contributed by atoms with Crippen molar-refractivity contribution >= 4 is 63.3 Å². The van der Waals surface area contributed by atoms with E-state index in [9.17, 15) is 9.59 Å². The maximum Gasteiger partial charge on any atom is 0.242 e. The number of amides is 2. The summed E-state index contributed by atoms with van der Waals surface area (Å²) in [6.45, 7) is 0.348.